The summed E-state index contributed by atoms with van der Waals surface area (Å²) in [7, 11) is 1.65. The van der Waals surface area contributed by atoms with Crippen molar-refractivity contribution in [1.29, 1.82) is 0 Å². The molecule has 2 aromatic heterocycles. The Kier molecular flexibility index (Phi) is 5.79. The standard InChI is InChI=1S/C26H22FN3O2S/c1-31-20-11-5-17(6-12-20)16-30-25(24(29-26(30)33)21-4-2-3-15-28-21)23-14-13-22(32-23)18-7-9-19(27)10-8-18/h2-15,24-25H,16H2,1H3,(H,29,33)/t24-,25-/m1/s1. The zero-order valence-corrected chi connectivity index (χ0v) is 18.8. The second-order valence-corrected chi connectivity index (χ2v) is 8.20. The third-order valence-corrected chi connectivity index (χ3v) is 6.11. The Balaban J connectivity index is 1.51. The molecule has 0 radical (unpaired) electrons. The Labute approximate surface area is 196 Å². The van der Waals surface area contributed by atoms with E-state index in [0.717, 1.165) is 28.3 Å². The number of nitrogens with zero attached hydrogens (tertiary/aromatic N) is 2. The van der Waals surface area contributed by atoms with E-state index >= 15 is 0 Å². The van der Waals surface area contributed by atoms with Crippen LogP contribution in [0.25, 0.3) is 11.3 Å². The quantitative estimate of drug-likeness (QED) is 0.376. The lowest BCUT2D eigenvalue weighted by Gasteiger charge is -2.26. The van der Waals surface area contributed by atoms with E-state index in [1.807, 2.05) is 54.6 Å². The predicted octanol–water partition coefficient (Wildman–Crippen LogP) is 5.66. The van der Waals surface area contributed by atoms with Crippen molar-refractivity contribution in [2.75, 3.05) is 7.11 Å². The molecule has 0 bridgehead atoms. The molecule has 0 spiro atoms. The van der Waals surface area contributed by atoms with Gasteiger partial charge < -0.3 is 19.4 Å². The van der Waals surface area contributed by atoms with Gasteiger partial charge in [0.2, 0.25) is 0 Å². The summed E-state index contributed by atoms with van der Waals surface area (Å²) in [5, 5.41) is 4.06. The van der Waals surface area contributed by atoms with Crippen LogP contribution in [0.3, 0.4) is 0 Å². The Bertz CT molecular complexity index is 1240. The molecule has 33 heavy (non-hydrogen) atoms. The van der Waals surface area contributed by atoms with Gasteiger partial charge >= 0.3 is 0 Å². The van der Waals surface area contributed by atoms with E-state index in [2.05, 4.69) is 15.2 Å². The molecule has 0 unspecified atom stereocenters. The molecule has 0 amide bonds. The van der Waals surface area contributed by atoms with Gasteiger partial charge in [-0.2, -0.15) is 0 Å². The fourth-order valence-electron chi connectivity index (χ4n) is 4.09. The van der Waals surface area contributed by atoms with E-state index in [-0.39, 0.29) is 17.9 Å². The molecule has 2 aromatic carbocycles. The van der Waals surface area contributed by atoms with Crippen LogP contribution in [0.1, 0.15) is 29.1 Å². The number of nitrogens with one attached hydrogen (secondary N) is 1. The first kappa shape index (κ1) is 21.2. The van der Waals surface area contributed by atoms with Crippen molar-refractivity contribution < 1.29 is 13.5 Å². The fraction of sp³-hybridized carbons (Fsp3) is 0.154. The Morgan fingerprint density at radius 2 is 1.82 bits per heavy atom. The molecular formula is C26H22FN3O2S. The van der Waals surface area contributed by atoms with Crippen LogP contribution < -0.4 is 10.1 Å². The number of rotatable bonds is 6. The van der Waals surface area contributed by atoms with E-state index in [1.165, 1.54) is 12.1 Å². The highest BCUT2D eigenvalue weighted by molar-refractivity contribution is 7.80. The SMILES string of the molecule is COc1ccc(CN2C(=S)N[C@H](c3ccccn3)[C@H]2c2ccc(-c3ccc(F)cc3)o2)cc1. The van der Waals surface area contributed by atoms with Crippen LogP contribution in [0.4, 0.5) is 4.39 Å². The van der Waals surface area contributed by atoms with Gasteiger partial charge in [0.05, 0.1) is 18.8 Å². The normalized spacial score (nSPS) is 17.8. The third-order valence-electron chi connectivity index (χ3n) is 5.76. The minimum atomic E-state index is -0.281. The zero-order valence-electron chi connectivity index (χ0n) is 17.9. The van der Waals surface area contributed by atoms with Crippen LogP contribution in [0, 0.1) is 5.82 Å². The van der Waals surface area contributed by atoms with Gasteiger partial charge in [0.25, 0.3) is 0 Å². The van der Waals surface area contributed by atoms with Gasteiger partial charge in [0, 0.05) is 18.3 Å². The van der Waals surface area contributed by atoms with E-state index in [1.54, 1.807) is 25.4 Å². The second-order valence-electron chi connectivity index (χ2n) is 7.81. The molecule has 1 aliphatic rings. The van der Waals surface area contributed by atoms with Crippen LogP contribution in [0.2, 0.25) is 0 Å². The summed E-state index contributed by atoms with van der Waals surface area (Å²) in [5.74, 6) is 1.95. The average Bonchev–Trinajstić information content (AvgIpc) is 3.45. The van der Waals surface area contributed by atoms with Crippen molar-refractivity contribution in [3.8, 4) is 17.1 Å². The molecule has 0 aliphatic carbocycles. The topological polar surface area (TPSA) is 50.5 Å². The van der Waals surface area contributed by atoms with E-state index in [9.17, 15) is 4.39 Å². The van der Waals surface area contributed by atoms with Gasteiger partial charge in [0.1, 0.15) is 29.1 Å². The average molecular weight is 460 g/mol. The summed E-state index contributed by atoms with van der Waals surface area (Å²) in [4.78, 5) is 6.68. The number of aromatic nitrogens is 1. The van der Waals surface area contributed by atoms with Gasteiger partial charge in [-0.3, -0.25) is 4.98 Å². The number of hydrogen-bond donors (Lipinski definition) is 1. The van der Waals surface area contributed by atoms with E-state index in [4.69, 9.17) is 21.4 Å². The van der Waals surface area contributed by atoms with Gasteiger partial charge in [-0.05, 0) is 78.4 Å². The lowest BCUT2D eigenvalue weighted by molar-refractivity contribution is 0.269. The minimum absolute atomic E-state index is 0.177. The number of methoxy groups -OCH3 is 1. The molecule has 4 aromatic rings. The zero-order chi connectivity index (χ0) is 22.8. The Hall–Kier alpha value is -3.71. The van der Waals surface area contributed by atoms with Crippen LogP contribution in [0.5, 0.6) is 5.75 Å². The smallest absolute Gasteiger partial charge is 0.170 e. The molecule has 1 N–H and O–H groups in total. The molecule has 1 fully saturated rings. The molecule has 1 saturated heterocycles. The molecule has 7 heteroatoms. The van der Waals surface area contributed by atoms with Crippen LogP contribution in [0.15, 0.2) is 89.5 Å². The number of benzene rings is 2. The highest BCUT2D eigenvalue weighted by atomic mass is 32.1. The van der Waals surface area contributed by atoms with Crippen molar-refractivity contribution in [2.45, 2.75) is 18.6 Å². The van der Waals surface area contributed by atoms with Gasteiger partial charge in [0.15, 0.2) is 5.11 Å². The van der Waals surface area contributed by atoms with Crippen molar-refractivity contribution in [3.63, 3.8) is 0 Å². The van der Waals surface area contributed by atoms with Gasteiger partial charge in [-0.15, -0.1) is 0 Å². The number of thiocarbonyl (C=S) groups is 1. The lowest BCUT2D eigenvalue weighted by Crippen LogP contribution is -2.29. The fourth-order valence-corrected chi connectivity index (χ4v) is 4.40. The van der Waals surface area contributed by atoms with Gasteiger partial charge in [-0.25, -0.2) is 4.39 Å². The molecule has 166 valence electrons. The number of ether oxygens (including phenoxy) is 1. The number of halogens is 1. The van der Waals surface area contributed by atoms with Gasteiger partial charge in [-0.1, -0.05) is 18.2 Å². The molecular weight excluding hydrogens is 437 g/mol. The molecule has 5 nitrogen and oxygen atoms in total. The summed E-state index contributed by atoms with van der Waals surface area (Å²) < 4.78 is 24.9. The van der Waals surface area contributed by atoms with E-state index in [0.29, 0.717) is 17.4 Å². The van der Waals surface area contributed by atoms with Crippen molar-refractivity contribution in [2.24, 2.45) is 0 Å². The first-order valence-electron chi connectivity index (χ1n) is 10.6. The highest BCUT2D eigenvalue weighted by Crippen LogP contribution is 2.41. The largest absolute Gasteiger partial charge is 0.497 e. The van der Waals surface area contributed by atoms with Crippen LogP contribution in [-0.4, -0.2) is 22.1 Å². The summed E-state index contributed by atoms with van der Waals surface area (Å²) in [5.41, 5.74) is 2.78. The Morgan fingerprint density at radius 3 is 2.52 bits per heavy atom. The summed E-state index contributed by atoms with van der Waals surface area (Å²) in [6, 6.07) is 23.5. The first-order chi connectivity index (χ1) is 16.1. The van der Waals surface area contributed by atoms with Crippen molar-refractivity contribution in [1.82, 2.24) is 15.2 Å². The molecule has 0 saturated carbocycles. The molecule has 1 aliphatic heterocycles. The summed E-state index contributed by atoms with van der Waals surface area (Å²) in [6.45, 7) is 0.594. The summed E-state index contributed by atoms with van der Waals surface area (Å²) in [6.07, 6.45) is 1.77. The predicted molar refractivity (Wildman–Crippen MR) is 128 cm³/mol. The number of hydrogen-bond acceptors (Lipinski definition) is 4. The van der Waals surface area contributed by atoms with Crippen molar-refractivity contribution >= 4 is 17.3 Å². The highest BCUT2D eigenvalue weighted by Gasteiger charge is 2.41. The Morgan fingerprint density at radius 1 is 1.03 bits per heavy atom. The second kappa shape index (κ2) is 9.03. The molecule has 2 atom stereocenters. The maximum atomic E-state index is 13.4. The molecule has 5 rings (SSSR count). The van der Waals surface area contributed by atoms with Crippen LogP contribution in [-0.2, 0) is 6.54 Å². The summed E-state index contributed by atoms with van der Waals surface area (Å²) >= 11 is 5.74. The maximum Gasteiger partial charge on any atom is 0.170 e. The molecule has 3 heterocycles. The first-order valence-corrected chi connectivity index (χ1v) is 11.0. The number of furan rings is 1. The lowest BCUT2D eigenvalue weighted by atomic mass is 10.0. The third kappa shape index (κ3) is 4.32. The number of pyridine rings is 1. The van der Waals surface area contributed by atoms with Crippen LogP contribution >= 0.6 is 12.2 Å². The maximum absolute atomic E-state index is 13.4. The van der Waals surface area contributed by atoms with Crippen molar-refractivity contribution in [3.05, 3.63) is 108 Å². The van der Waals surface area contributed by atoms with E-state index < -0.39 is 0 Å². The minimum Gasteiger partial charge on any atom is -0.497 e. The monoisotopic (exact) mass is 459 g/mol.